The summed E-state index contributed by atoms with van der Waals surface area (Å²) in [6, 6.07) is -0.0741. The van der Waals surface area contributed by atoms with Gasteiger partial charge in [0.25, 0.3) is 0 Å². The van der Waals surface area contributed by atoms with Gasteiger partial charge in [-0.2, -0.15) is 6.92 Å². The predicted octanol–water partition coefficient (Wildman–Crippen LogP) is 1.55. The third-order valence-corrected chi connectivity index (χ3v) is 2.31. The van der Waals surface area contributed by atoms with Crippen LogP contribution in [0.25, 0.3) is 0 Å². The number of nitrogens with zero attached hydrogens (tertiary/aromatic N) is 1. The first-order chi connectivity index (χ1) is 4.45. The van der Waals surface area contributed by atoms with Gasteiger partial charge in [-0.25, -0.2) is 14.7 Å². The summed E-state index contributed by atoms with van der Waals surface area (Å²) < 4.78 is 25.5. The predicted molar refractivity (Wildman–Crippen MR) is 36.0 cm³/mol. The number of hydrogen-bond acceptors (Lipinski definition) is 1. The largest absolute Gasteiger partial charge is 3.00 e. The molecule has 1 saturated heterocycles. The number of halogens is 2. The van der Waals surface area contributed by atoms with Crippen molar-refractivity contribution in [3.05, 3.63) is 5.92 Å². The first-order valence-corrected chi connectivity index (χ1v) is 3.37. The van der Waals surface area contributed by atoms with E-state index in [0.717, 1.165) is 0 Å². The maximum Gasteiger partial charge on any atom is 3.00 e. The van der Waals surface area contributed by atoms with Crippen LogP contribution in [-0.4, -0.2) is 30.5 Å². The second kappa shape index (κ2) is 3.76. The molecule has 1 aliphatic rings. The van der Waals surface area contributed by atoms with Crippen LogP contribution in [0.15, 0.2) is 0 Å². The zero-order chi connectivity index (χ0) is 7.94. The van der Waals surface area contributed by atoms with E-state index in [2.05, 4.69) is 0 Å². The second-order valence-electron chi connectivity index (χ2n) is 2.98. The summed E-state index contributed by atoms with van der Waals surface area (Å²) in [5.41, 5.74) is 0. The Hall–Kier alpha value is 0.924. The molecule has 1 heterocycles. The average molecular weight is 237 g/mol. The molecule has 60 valence electrons. The van der Waals surface area contributed by atoms with E-state index in [1.807, 2.05) is 0 Å². The first-order valence-electron chi connectivity index (χ1n) is 3.37. The summed E-state index contributed by atoms with van der Waals surface area (Å²) in [5.74, 6) is -2.27. The summed E-state index contributed by atoms with van der Waals surface area (Å²) in [6.07, 6.45) is 0. The summed E-state index contributed by atoms with van der Waals surface area (Å²) in [5, 5.41) is 0. The molecule has 1 rings (SSSR count). The van der Waals surface area contributed by atoms with Crippen LogP contribution in [0.4, 0.5) is 8.78 Å². The number of rotatable bonds is 0. The van der Waals surface area contributed by atoms with Crippen molar-refractivity contribution < 1.29 is 41.5 Å². The van der Waals surface area contributed by atoms with Gasteiger partial charge in [0.2, 0.25) is 0 Å². The zero-order valence-corrected chi connectivity index (χ0v) is 9.90. The molecule has 1 nitrogen and oxygen atoms in total. The molecule has 0 spiro atoms. The van der Waals surface area contributed by atoms with Crippen LogP contribution in [0.5, 0.6) is 0 Å². The van der Waals surface area contributed by atoms with Crippen LogP contribution in [-0.2, 0) is 32.7 Å². The Morgan fingerprint density at radius 2 is 2.00 bits per heavy atom. The van der Waals surface area contributed by atoms with E-state index >= 15 is 0 Å². The molecule has 0 radical (unpaired) electrons. The summed E-state index contributed by atoms with van der Waals surface area (Å²) in [7, 11) is 1.72. The van der Waals surface area contributed by atoms with Gasteiger partial charge in [0.1, 0.15) is 5.92 Å². The molecular weight excluding hydrogens is 225 g/mol. The summed E-state index contributed by atoms with van der Waals surface area (Å²) in [6.45, 7) is 3.20. The molecule has 0 amide bonds. The maximum absolute atomic E-state index is 12.8. The summed E-state index contributed by atoms with van der Waals surface area (Å²) in [4.78, 5) is 1.66. The SMILES string of the molecule is C[C-]1C(C)N(C)CC1(F)F.[Y+3]. The van der Waals surface area contributed by atoms with Gasteiger partial charge in [-0.05, 0) is 7.05 Å². The number of alkyl halides is 2. The van der Waals surface area contributed by atoms with Gasteiger partial charge in [-0.15, -0.1) is 6.04 Å². The molecule has 0 saturated carbocycles. The van der Waals surface area contributed by atoms with Crippen molar-refractivity contribution >= 4 is 0 Å². The van der Waals surface area contributed by atoms with Crippen molar-refractivity contribution in [1.82, 2.24) is 4.90 Å². The van der Waals surface area contributed by atoms with Crippen molar-refractivity contribution in [3.63, 3.8) is 0 Å². The van der Waals surface area contributed by atoms with Crippen molar-refractivity contribution in [3.8, 4) is 0 Å². The Morgan fingerprint density at radius 1 is 1.55 bits per heavy atom. The molecule has 0 aromatic rings. The minimum absolute atomic E-state index is 0. The zero-order valence-electron chi connectivity index (χ0n) is 7.06. The van der Waals surface area contributed by atoms with Gasteiger partial charge in [-0.1, -0.05) is 6.92 Å². The third-order valence-electron chi connectivity index (χ3n) is 2.31. The quantitative estimate of drug-likeness (QED) is 0.578. The van der Waals surface area contributed by atoms with E-state index in [9.17, 15) is 8.78 Å². The van der Waals surface area contributed by atoms with Crippen molar-refractivity contribution in [2.75, 3.05) is 13.6 Å². The third kappa shape index (κ3) is 2.19. The van der Waals surface area contributed by atoms with E-state index in [4.69, 9.17) is 0 Å². The van der Waals surface area contributed by atoms with Crippen molar-refractivity contribution in [2.45, 2.75) is 25.8 Å². The molecule has 0 aromatic carbocycles. The standard InChI is InChI=1S/C7H12F2N.Y/c1-5-6(2)10(3)4-7(5,8)9;/h6H,4H2,1-3H3;/q-1;+3. The van der Waals surface area contributed by atoms with Crippen LogP contribution in [0.2, 0.25) is 0 Å². The topological polar surface area (TPSA) is 3.24 Å². The van der Waals surface area contributed by atoms with Crippen LogP contribution in [0.3, 0.4) is 0 Å². The van der Waals surface area contributed by atoms with Gasteiger partial charge in [-0.3, -0.25) is 0 Å². The van der Waals surface area contributed by atoms with E-state index in [1.165, 1.54) is 6.92 Å². The molecule has 11 heavy (non-hydrogen) atoms. The van der Waals surface area contributed by atoms with E-state index in [-0.39, 0.29) is 51.2 Å². The van der Waals surface area contributed by atoms with E-state index in [0.29, 0.717) is 0 Å². The van der Waals surface area contributed by atoms with Crippen molar-refractivity contribution in [1.29, 1.82) is 0 Å². The fraction of sp³-hybridized carbons (Fsp3) is 0.857. The fourth-order valence-corrected chi connectivity index (χ4v) is 1.21. The van der Waals surface area contributed by atoms with Gasteiger partial charge in [0, 0.05) is 6.54 Å². The van der Waals surface area contributed by atoms with Crippen LogP contribution in [0.1, 0.15) is 13.8 Å². The van der Waals surface area contributed by atoms with E-state index < -0.39 is 5.92 Å². The Kier molecular flexibility index (Phi) is 4.07. The van der Waals surface area contributed by atoms with Crippen molar-refractivity contribution in [2.24, 2.45) is 0 Å². The maximum atomic E-state index is 12.8. The molecular formula is C7H12F2NY+2. The van der Waals surface area contributed by atoms with Crippen LogP contribution >= 0.6 is 0 Å². The van der Waals surface area contributed by atoms with Gasteiger partial charge in [0.15, 0.2) is 0 Å². The van der Waals surface area contributed by atoms with Gasteiger partial charge in [0.05, 0.1) is 0 Å². The minimum Gasteiger partial charge on any atom is -0.330 e. The molecule has 4 heteroatoms. The summed E-state index contributed by atoms with van der Waals surface area (Å²) >= 11 is 0. The van der Waals surface area contributed by atoms with Crippen LogP contribution in [0, 0.1) is 5.92 Å². The smallest absolute Gasteiger partial charge is 0.330 e. The van der Waals surface area contributed by atoms with Gasteiger partial charge >= 0.3 is 32.7 Å². The molecule has 0 aromatic heterocycles. The monoisotopic (exact) mass is 237 g/mol. The van der Waals surface area contributed by atoms with Gasteiger partial charge < -0.3 is 4.90 Å². The normalized spacial score (nSPS) is 31.9. The number of hydrogen-bond donors (Lipinski definition) is 0. The Morgan fingerprint density at radius 3 is 2.09 bits per heavy atom. The second-order valence-corrected chi connectivity index (χ2v) is 2.98. The average Bonchev–Trinajstić information content (AvgIpc) is 1.95. The van der Waals surface area contributed by atoms with E-state index in [1.54, 1.807) is 18.9 Å². The minimum atomic E-state index is -2.56. The molecule has 0 aliphatic carbocycles. The molecule has 1 atom stereocenters. The Bertz CT molecular complexity index is 140. The number of likely N-dealkylation sites (tertiary alicyclic amines) is 1. The molecule has 0 bridgehead atoms. The fourth-order valence-electron chi connectivity index (χ4n) is 1.21. The molecule has 1 fully saturated rings. The van der Waals surface area contributed by atoms with Crippen LogP contribution < -0.4 is 0 Å². The Balaban J connectivity index is 0.000001000. The Labute approximate surface area is 91.4 Å². The molecule has 1 unspecified atom stereocenters. The first kappa shape index (κ1) is 11.9. The molecule has 0 N–H and O–H groups in total. The molecule has 1 aliphatic heterocycles.